The highest BCUT2D eigenvalue weighted by Crippen LogP contribution is 2.35. The fourth-order valence-corrected chi connectivity index (χ4v) is 4.80. The first-order valence-corrected chi connectivity index (χ1v) is 12.0. The number of hydrogen-bond acceptors (Lipinski definition) is 4. The monoisotopic (exact) mass is 461 g/mol. The zero-order valence-electron chi connectivity index (χ0n) is 20.4. The number of thiocarbonyl (C=S) groups is 1. The Kier molecular flexibility index (Phi) is 7.05. The van der Waals surface area contributed by atoms with Gasteiger partial charge >= 0.3 is 0 Å². The lowest BCUT2D eigenvalue weighted by molar-refractivity contribution is 0.301. The van der Waals surface area contributed by atoms with E-state index in [4.69, 9.17) is 12.2 Å². The SMILES string of the molecule is CCCN1CC2=C(NC(=S)N[C@H]2c2ccc(N(C)C)cc2)/C(=C/c2ccc(N(C)C)cc2)C1. The average Bonchev–Trinajstić information content (AvgIpc) is 2.80. The van der Waals surface area contributed by atoms with Gasteiger partial charge in [0, 0.05) is 58.4 Å². The molecular weight excluding hydrogens is 426 g/mol. The molecule has 0 saturated carbocycles. The highest BCUT2D eigenvalue weighted by molar-refractivity contribution is 7.80. The van der Waals surface area contributed by atoms with E-state index in [1.54, 1.807) is 0 Å². The van der Waals surface area contributed by atoms with Crippen LogP contribution in [0.1, 0.15) is 30.5 Å². The number of rotatable bonds is 6. The van der Waals surface area contributed by atoms with E-state index in [1.165, 1.54) is 39.3 Å². The maximum absolute atomic E-state index is 5.65. The molecule has 2 heterocycles. The maximum Gasteiger partial charge on any atom is 0.171 e. The molecule has 0 fully saturated rings. The van der Waals surface area contributed by atoms with Gasteiger partial charge in [-0.1, -0.05) is 31.2 Å². The van der Waals surface area contributed by atoms with E-state index in [0.717, 1.165) is 26.1 Å². The third-order valence-corrected chi connectivity index (χ3v) is 6.55. The van der Waals surface area contributed by atoms with E-state index in [2.05, 4.69) is 115 Å². The lowest BCUT2D eigenvalue weighted by Gasteiger charge is -2.40. The van der Waals surface area contributed by atoms with Gasteiger partial charge in [0.25, 0.3) is 0 Å². The largest absolute Gasteiger partial charge is 0.378 e. The first-order chi connectivity index (χ1) is 15.9. The van der Waals surface area contributed by atoms with Gasteiger partial charge in [-0.3, -0.25) is 4.90 Å². The van der Waals surface area contributed by atoms with Crippen molar-refractivity contribution in [1.82, 2.24) is 15.5 Å². The predicted octanol–water partition coefficient (Wildman–Crippen LogP) is 4.40. The van der Waals surface area contributed by atoms with Crippen molar-refractivity contribution in [1.29, 1.82) is 0 Å². The van der Waals surface area contributed by atoms with Crippen LogP contribution in [0.5, 0.6) is 0 Å². The molecule has 33 heavy (non-hydrogen) atoms. The summed E-state index contributed by atoms with van der Waals surface area (Å²) in [5.74, 6) is 0. The molecule has 1 atom stereocenters. The molecule has 0 unspecified atom stereocenters. The Morgan fingerprint density at radius 2 is 1.55 bits per heavy atom. The van der Waals surface area contributed by atoms with Crippen molar-refractivity contribution >= 4 is 34.8 Å². The molecule has 4 rings (SSSR count). The summed E-state index contributed by atoms with van der Waals surface area (Å²) >= 11 is 5.65. The first-order valence-electron chi connectivity index (χ1n) is 11.6. The van der Waals surface area contributed by atoms with E-state index < -0.39 is 0 Å². The molecule has 174 valence electrons. The molecule has 2 aromatic carbocycles. The van der Waals surface area contributed by atoms with Crippen LogP contribution < -0.4 is 20.4 Å². The molecule has 0 aromatic heterocycles. The van der Waals surface area contributed by atoms with Gasteiger partial charge in [0.2, 0.25) is 0 Å². The average molecular weight is 462 g/mol. The van der Waals surface area contributed by atoms with Crippen LogP contribution >= 0.6 is 12.2 Å². The van der Waals surface area contributed by atoms with Crippen molar-refractivity contribution in [2.45, 2.75) is 19.4 Å². The van der Waals surface area contributed by atoms with Crippen LogP contribution in [0.25, 0.3) is 6.08 Å². The van der Waals surface area contributed by atoms with E-state index in [-0.39, 0.29) is 6.04 Å². The van der Waals surface area contributed by atoms with Gasteiger partial charge in [-0.25, -0.2) is 0 Å². The van der Waals surface area contributed by atoms with Crippen molar-refractivity contribution in [2.24, 2.45) is 0 Å². The number of nitrogens with zero attached hydrogens (tertiary/aromatic N) is 3. The molecule has 0 saturated heterocycles. The molecule has 2 aliphatic heterocycles. The zero-order valence-corrected chi connectivity index (χ0v) is 21.2. The second-order valence-electron chi connectivity index (χ2n) is 9.28. The summed E-state index contributed by atoms with van der Waals surface area (Å²) in [4.78, 5) is 6.79. The lowest BCUT2D eigenvalue weighted by Crippen LogP contribution is -2.50. The summed E-state index contributed by atoms with van der Waals surface area (Å²) in [5.41, 5.74) is 8.68. The molecule has 0 spiro atoms. The number of benzene rings is 2. The quantitative estimate of drug-likeness (QED) is 0.621. The molecule has 2 N–H and O–H groups in total. The first kappa shape index (κ1) is 23.3. The maximum atomic E-state index is 5.65. The smallest absolute Gasteiger partial charge is 0.171 e. The minimum atomic E-state index is 0.0733. The Labute approximate surface area is 203 Å². The summed E-state index contributed by atoms with van der Waals surface area (Å²) in [6, 6.07) is 17.6. The summed E-state index contributed by atoms with van der Waals surface area (Å²) in [5, 5.41) is 7.72. The summed E-state index contributed by atoms with van der Waals surface area (Å²) in [7, 11) is 8.28. The topological polar surface area (TPSA) is 33.8 Å². The van der Waals surface area contributed by atoms with Crippen molar-refractivity contribution in [3.8, 4) is 0 Å². The molecule has 5 nitrogen and oxygen atoms in total. The lowest BCUT2D eigenvalue weighted by atomic mass is 9.88. The van der Waals surface area contributed by atoms with Gasteiger partial charge in [-0.15, -0.1) is 0 Å². The summed E-state index contributed by atoms with van der Waals surface area (Å²) < 4.78 is 0. The summed E-state index contributed by atoms with van der Waals surface area (Å²) in [6.45, 7) is 5.18. The van der Waals surface area contributed by atoms with Crippen LogP contribution in [0.4, 0.5) is 11.4 Å². The fourth-order valence-electron chi connectivity index (χ4n) is 4.58. The Balaban J connectivity index is 1.74. The molecule has 0 amide bonds. The molecule has 6 heteroatoms. The number of anilines is 2. The van der Waals surface area contributed by atoms with E-state index >= 15 is 0 Å². The zero-order chi connectivity index (χ0) is 23.5. The molecular formula is C27H35N5S. The molecule has 2 aliphatic rings. The van der Waals surface area contributed by atoms with Gasteiger partial charge in [0.15, 0.2) is 5.11 Å². The predicted molar refractivity (Wildman–Crippen MR) is 145 cm³/mol. The van der Waals surface area contributed by atoms with Gasteiger partial charge in [-0.2, -0.15) is 0 Å². The van der Waals surface area contributed by atoms with Gasteiger partial charge in [0.1, 0.15) is 0 Å². The second-order valence-corrected chi connectivity index (χ2v) is 9.69. The van der Waals surface area contributed by atoms with Crippen LogP contribution in [0, 0.1) is 0 Å². The third-order valence-electron chi connectivity index (χ3n) is 6.33. The Hall–Kier alpha value is -2.83. The van der Waals surface area contributed by atoms with Crippen LogP contribution in [-0.4, -0.2) is 57.8 Å². The molecule has 2 aromatic rings. The number of hydrogen-bond donors (Lipinski definition) is 2. The van der Waals surface area contributed by atoms with Crippen molar-refractivity contribution in [3.63, 3.8) is 0 Å². The molecule has 0 radical (unpaired) electrons. The van der Waals surface area contributed by atoms with Crippen molar-refractivity contribution < 1.29 is 0 Å². The van der Waals surface area contributed by atoms with Gasteiger partial charge in [0.05, 0.1) is 6.04 Å². The van der Waals surface area contributed by atoms with Crippen molar-refractivity contribution in [3.05, 3.63) is 76.5 Å². The van der Waals surface area contributed by atoms with Crippen molar-refractivity contribution in [2.75, 3.05) is 57.6 Å². The van der Waals surface area contributed by atoms with Crippen LogP contribution in [0.2, 0.25) is 0 Å². The van der Waals surface area contributed by atoms with Gasteiger partial charge < -0.3 is 20.4 Å². The minimum Gasteiger partial charge on any atom is -0.378 e. The van der Waals surface area contributed by atoms with Crippen LogP contribution in [0.15, 0.2) is 65.4 Å². The highest BCUT2D eigenvalue weighted by Gasteiger charge is 2.33. The summed E-state index contributed by atoms with van der Waals surface area (Å²) in [6.07, 6.45) is 3.44. The fraction of sp³-hybridized carbons (Fsp3) is 0.370. The Bertz CT molecular complexity index is 1050. The second kappa shape index (κ2) is 9.98. The van der Waals surface area contributed by atoms with E-state index in [0.29, 0.717) is 5.11 Å². The molecule has 0 aliphatic carbocycles. The Morgan fingerprint density at radius 1 is 0.939 bits per heavy atom. The molecule has 0 bridgehead atoms. The Morgan fingerprint density at radius 3 is 2.12 bits per heavy atom. The van der Waals surface area contributed by atoms with E-state index in [1.807, 2.05) is 0 Å². The normalized spacial score (nSPS) is 19.7. The van der Waals surface area contributed by atoms with Crippen LogP contribution in [-0.2, 0) is 0 Å². The standard InChI is InChI=1S/C27H35N5S/c1-6-15-32-17-21(16-19-7-11-22(12-8-19)30(2)3)26-24(18-32)25(28-27(33)29-26)20-9-13-23(14-10-20)31(4)5/h7-14,16,25H,6,15,17-18H2,1-5H3,(H2,28,29,33)/b21-16+/t25-/m0/s1. The van der Waals surface area contributed by atoms with Gasteiger partial charge in [-0.05, 0) is 77.8 Å². The van der Waals surface area contributed by atoms with E-state index in [9.17, 15) is 0 Å². The minimum absolute atomic E-state index is 0.0733. The highest BCUT2D eigenvalue weighted by atomic mass is 32.1. The third kappa shape index (κ3) is 5.23. The number of nitrogens with one attached hydrogen (secondary N) is 2. The van der Waals surface area contributed by atoms with Crippen LogP contribution in [0.3, 0.4) is 0 Å².